The zero-order valence-electron chi connectivity index (χ0n) is 10.2. The molecule has 0 bridgehead atoms. The van der Waals surface area contributed by atoms with Crippen molar-refractivity contribution < 1.29 is 0 Å². The number of aromatic nitrogens is 4. The Bertz CT molecular complexity index is 969. The average Bonchev–Trinajstić information content (AvgIpc) is 3.10. The Morgan fingerprint density at radius 1 is 1.15 bits per heavy atom. The molecule has 4 aromatic rings. The fourth-order valence-electron chi connectivity index (χ4n) is 2.13. The maximum Gasteiger partial charge on any atom is 0.262 e. The van der Waals surface area contributed by atoms with Crippen LogP contribution in [0, 0.1) is 0 Å². The smallest absolute Gasteiger partial charge is 0.262 e. The first-order valence-electron chi connectivity index (χ1n) is 5.95. The molecule has 0 saturated heterocycles. The Kier molecular flexibility index (Phi) is 2.61. The summed E-state index contributed by atoms with van der Waals surface area (Å²) in [5, 5.41) is 2.56. The predicted octanol–water partition coefficient (Wildman–Crippen LogP) is 2.51. The van der Waals surface area contributed by atoms with Crippen molar-refractivity contribution >= 4 is 44.3 Å². The Morgan fingerprint density at radius 3 is 3.00 bits per heavy atom. The molecule has 0 unspecified atom stereocenters. The van der Waals surface area contributed by atoms with E-state index in [0.717, 1.165) is 21.4 Å². The third-order valence-corrected chi connectivity index (χ3v) is 4.50. The molecule has 0 amide bonds. The minimum absolute atomic E-state index is 0.00671. The van der Waals surface area contributed by atoms with Crippen LogP contribution in [0.3, 0.4) is 0 Å². The van der Waals surface area contributed by atoms with E-state index >= 15 is 0 Å². The van der Waals surface area contributed by atoms with Crippen LogP contribution in [0.15, 0.2) is 40.8 Å². The zero-order valence-corrected chi connectivity index (χ0v) is 11.8. The molecule has 0 saturated carbocycles. The second-order valence-electron chi connectivity index (χ2n) is 4.40. The first kappa shape index (κ1) is 11.7. The molecule has 0 aliphatic carbocycles. The number of benzene rings is 1. The molecule has 3 heterocycles. The summed E-state index contributed by atoms with van der Waals surface area (Å²) in [5.41, 5.74) is 2.76. The largest absolute Gasteiger partial charge is 0.294 e. The van der Waals surface area contributed by atoms with E-state index in [-0.39, 0.29) is 5.56 Å². The highest BCUT2D eigenvalue weighted by molar-refractivity contribution is 7.16. The van der Waals surface area contributed by atoms with E-state index < -0.39 is 0 Å². The van der Waals surface area contributed by atoms with E-state index in [0.29, 0.717) is 11.9 Å². The van der Waals surface area contributed by atoms with Crippen molar-refractivity contribution in [3.8, 4) is 0 Å². The maximum absolute atomic E-state index is 12.3. The van der Waals surface area contributed by atoms with Crippen LogP contribution >= 0.6 is 23.1 Å². The molecule has 0 aliphatic heterocycles. The van der Waals surface area contributed by atoms with Crippen molar-refractivity contribution in [2.75, 3.05) is 0 Å². The van der Waals surface area contributed by atoms with E-state index in [9.17, 15) is 4.79 Å². The van der Waals surface area contributed by atoms with Gasteiger partial charge in [-0.2, -0.15) is 8.75 Å². The standard InChI is InChI=1S/C13H8N4OS2/c18-13-9-3-4-19-12(9)14-7-17(13)6-8-1-2-10-11(5-8)16-20-15-10/h1-5,7H,6H2. The molecular weight excluding hydrogens is 292 g/mol. The molecule has 7 heteroatoms. The lowest BCUT2D eigenvalue weighted by Gasteiger charge is -2.05. The number of rotatable bonds is 2. The quantitative estimate of drug-likeness (QED) is 0.570. The van der Waals surface area contributed by atoms with Gasteiger partial charge < -0.3 is 0 Å². The van der Waals surface area contributed by atoms with Gasteiger partial charge in [0.05, 0.1) is 30.0 Å². The molecule has 0 N–H and O–H groups in total. The van der Waals surface area contributed by atoms with Gasteiger partial charge in [0, 0.05) is 0 Å². The first-order valence-corrected chi connectivity index (χ1v) is 7.56. The lowest BCUT2D eigenvalue weighted by molar-refractivity contribution is 0.750. The second-order valence-corrected chi connectivity index (χ2v) is 5.83. The Balaban J connectivity index is 1.79. The highest BCUT2D eigenvalue weighted by Crippen LogP contribution is 2.16. The number of nitrogens with zero attached hydrogens (tertiary/aromatic N) is 4. The minimum atomic E-state index is -0.00671. The number of fused-ring (bicyclic) bond motifs is 2. The molecule has 4 rings (SSSR count). The monoisotopic (exact) mass is 300 g/mol. The summed E-state index contributed by atoms with van der Waals surface area (Å²) in [5.74, 6) is 0. The number of hydrogen-bond donors (Lipinski definition) is 0. The lowest BCUT2D eigenvalue weighted by Crippen LogP contribution is -2.20. The normalized spacial score (nSPS) is 11.4. The van der Waals surface area contributed by atoms with Crippen LogP contribution in [0.25, 0.3) is 21.3 Å². The highest BCUT2D eigenvalue weighted by atomic mass is 32.1. The summed E-state index contributed by atoms with van der Waals surface area (Å²) in [6.07, 6.45) is 1.60. The van der Waals surface area contributed by atoms with E-state index in [1.165, 1.54) is 23.1 Å². The van der Waals surface area contributed by atoms with Gasteiger partial charge in [-0.25, -0.2) is 4.98 Å². The molecule has 0 spiro atoms. The molecule has 5 nitrogen and oxygen atoms in total. The summed E-state index contributed by atoms with van der Waals surface area (Å²) >= 11 is 2.67. The fourth-order valence-corrected chi connectivity index (χ4v) is 3.37. The van der Waals surface area contributed by atoms with Gasteiger partial charge in [-0.1, -0.05) is 6.07 Å². The molecule has 1 aromatic carbocycles. The molecule has 20 heavy (non-hydrogen) atoms. The highest BCUT2D eigenvalue weighted by Gasteiger charge is 2.06. The van der Waals surface area contributed by atoms with Crippen LogP contribution in [0.5, 0.6) is 0 Å². The molecular formula is C13H8N4OS2. The van der Waals surface area contributed by atoms with Gasteiger partial charge in [-0.3, -0.25) is 9.36 Å². The average molecular weight is 300 g/mol. The maximum atomic E-state index is 12.3. The first-order chi connectivity index (χ1) is 9.81. The van der Waals surface area contributed by atoms with Crippen molar-refractivity contribution in [2.24, 2.45) is 0 Å². The van der Waals surface area contributed by atoms with Crippen LogP contribution in [0.4, 0.5) is 0 Å². The molecule has 0 radical (unpaired) electrons. The SMILES string of the molecule is O=c1c2ccsc2ncn1Cc1ccc2nsnc2c1. The number of hydrogen-bond acceptors (Lipinski definition) is 6. The van der Waals surface area contributed by atoms with Gasteiger partial charge in [0.2, 0.25) is 0 Å². The van der Waals surface area contributed by atoms with Gasteiger partial charge in [0.15, 0.2) is 0 Å². The van der Waals surface area contributed by atoms with Crippen molar-refractivity contribution in [3.05, 3.63) is 51.9 Å². The van der Waals surface area contributed by atoms with E-state index in [4.69, 9.17) is 0 Å². The zero-order chi connectivity index (χ0) is 13.5. The van der Waals surface area contributed by atoms with Gasteiger partial charge in [-0.15, -0.1) is 11.3 Å². The molecule has 0 fully saturated rings. The third-order valence-electron chi connectivity index (χ3n) is 3.12. The fraction of sp³-hybridized carbons (Fsp3) is 0.0769. The van der Waals surface area contributed by atoms with E-state index in [2.05, 4.69) is 13.7 Å². The molecule has 0 aliphatic rings. The Hall–Kier alpha value is -2.12. The van der Waals surface area contributed by atoms with Crippen molar-refractivity contribution in [2.45, 2.75) is 6.54 Å². The third kappa shape index (κ3) is 1.83. The molecule has 98 valence electrons. The van der Waals surface area contributed by atoms with E-state index in [1.807, 2.05) is 29.6 Å². The van der Waals surface area contributed by atoms with Crippen LogP contribution in [0.2, 0.25) is 0 Å². The van der Waals surface area contributed by atoms with Crippen LogP contribution in [0.1, 0.15) is 5.56 Å². The van der Waals surface area contributed by atoms with Gasteiger partial charge in [0.1, 0.15) is 15.9 Å². The summed E-state index contributed by atoms with van der Waals surface area (Å²) in [4.78, 5) is 17.4. The van der Waals surface area contributed by atoms with Crippen molar-refractivity contribution in [1.29, 1.82) is 0 Å². The van der Waals surface area contributed by atoms with Crippen LogP contribution < -0.4 is 5.56 Å². The summed E-state index contributed by atoms with van der Waals surface area (Å²) in [7, 11) is 0. The summed E-state index contributed by atoms with van der Waals surface area (Å²) < 4.78 is 10.0. The minimum Gasteiger partial charge on any atom is -0.294 e. The van der Waals surface area contributed by atoms with Crippen molar-refractivity contribution in [1.82, 2.24) is 18.3 Å². The van der Waals surface area contributed by atoms with Gasteiger partial charge >= 0.3 is 0 Å². The summed E-state index contributed by atoms with van der Waals surface area (Å²) in [6.45, 7) is 0.491. The lowest BCUT2D eigenvalue weighted by atomic mass is 10.2. The predicted molar refractivity (Wildman–Crippen MR) is 80.4 cm³/mol. The summed E-state index contributed by atoms with van der Waals surface area (Å²) in [6, 6.07) is 7.67. The second kappa shape index (κ2) is 4.46. The topological polar surface area (TPSA) is 60.7 Å². The molecule has 3 aromatic heterocycles. The van der Waals surface area contributed by atoms with Crippen LogP contribution in [-0.4, -0.2) is 18.3 Å². The van der Waals surface area contributed by atoms with Crippen molar-refractivity contribution in [3.63, 3.8) is 0 Å². The Morgan fingerprint density at radius 2 is 2.05 bits per heavy atom. The van der Waals surface area contributed by atoms with Gasteiger partial charge in [0.25, 0.3) is 5.56 Å². The van der Waals surface area contributed by atoms with E-state index in [1.54, 1.807) is 10.9 Å². The van der Waals surface area contributed by atoms with Gasteiger partial charge in [-0.05, 0) is 29.1 Å². The Labute approximate surface area is 121 Å². The molecule has 0 atom stereocenters. The number of thiophene rings is 1. The van der Waals surface area contributed by atoms with Crippen LogP contribution in [-0.2, 0) is 6.54 Å².